The highest BCUT2D eigenvalue weighted by atomic mass is 35.5. The van der Waals surface area contributed by atoms with Crippen LogP contribution in [0.1, 0.15) is 25.3 Å². The van der Waals surface area contributed by atoms with Gasteiger partial charge in [-0.1, -0.05) is 29.8 Å². The summed E-state index contributed by atoms with van der Waals surface area (Å²) in [5.41, 5.74) is -4.42. The maximum atomic E-state index is 12.6. The topological polar surface area (TPSA) is 73.8 Å². The van der Waals surface area contributed by atoms with Crippen LogP contribution in [0.15, 0.2) is 29.3 Å². The van der Waals surface area contributed by atoms with Crippen molar-refractivity contribution in [3.05, 3.63) is 34.9 Å². The summed E-state index contributed by atoms with van der Waals surface area (Å²) in [6.45, 7) is 2.46. The van der Waals surface area contributed by atoms with Crippen LogP contribution < -0.4 is 10.6 Å². The summed E-state index contributed by atoms with van der Waals surface area (Å²) in [6, 6.07) is 7.13. The minimum atomic E-state index is -5.27. The summed E-state index contributed by atoms with van der Waals surface area (Å²) in [7, 11) is -5.27. The molecule has 0 unspecified atom stereocenters. The lowest BCUT2D eigenvalue weighted by Crippen LogP contribution is -2.51. The van der Waals surface area contributed by atoms with Crippen molar-refractivity contribution in [2.45, 2.75) is 37.9 Å². The molecule has 0 bridgehead atoms. The van der Waals surface area contributed by atoms with Crippen LogP contribution in [-0.2, 0) is 16.6 Å². The van der Waals surface area contributed by atoms with Gasteiger partial charge in [-0.2, -0.15) is 17.5 Å². The predicted octanol–water partition coefficient (Wildman–Crippen LogP) is 2.71. The van der Waals surface area contributed by atoms with E-state index in [9.17, 15) is 21.6 Å². The quantitative estimate of drug-likeness (QED) is 0.561. The molecule has 11 heteroatoms. The second kappa shape index (κ2) is 9.11. The lowest BCUT2D eigenvalue weighted by molar-refractivity contribution is -0.0494. The van der Waals surface area contributed by atoms with E-state index in [0.29, 0.717) is 28.4 Å². The standard InChI is InChI=1S/C16H22ClF3N4O2S/c1-2-21-15(22-11-12-5-3-4-6-14(12)17)23-13-7-9-24(10-8-13)27(25,26)16(18,19)20/h3-6,13H,2,7-11H2,1H3,(H2,21,22,23). The normalized spacial score (nSPS) is 17.7. The Morgan fingerprint density at radius 2 is 1.93 bits per heavy atom. The number of benzene rings is 1. The molecule has 2 rings (SSSR count). The van der Waals surface area contributed by atoms with Gasteiger partial charge in [0.15, 0.2) is 5.96 Å². The first-order valence-electron chi connectivity index (χ1n) is 8.49. The second-order valence-electron chi connectivity index (χ2n) is 6.06. The van der Waals surface area contributed by atoms with Crippen LogP contribution in [0.25, 0.3) is 0 Å². The summed E-state index contributed by atoms with van der Waals surface area (Å²) in [6.07, 6.45) is 0.512. The van der Waals surface area contributed by atoms with Crippen LogP contribution >= 0.6 is 11.6 Å². The molecular weight excluding hydrogens is 405 g/mol. The molecule has 1 aliphatic heterocycles. The lowest BCUT2D eigenvalue weighted by Gasteiger charge is -2.32. The number of hydrogen-bond acceptors (Lipinski definition) is 3. The molecule has 6 nitrogen and oxygen atoms in total. The fraction of sp³-hybridized carbons (Fsp3) is 0.562. The number of piperidine rings is 1. The van der Waals surface area contributed by atoms with Gasteiger partial charge in [0.1, 0.15) is 0 Å². The molecule has 0 radical (unpaired) electrons. The van der Waals surface area contributed by atoms with E-state index in [2.05, 4.69) is 15.6 Å². The highest BCUT2D eigenvalue weighted by Gasteiger charge is 2.50. The number of hydrogen-bond donors (Lipinski definition) is 2. The minimum absolute atomic E-state index is 0.172. The highest BCUT2D eigenvalue weighted by Crippen LogP contribution is 2.28. The maximum Gasteiger partial charge on any atom is 0.511 e. The number of guanidine groups is 1. The second-order valence-corrected chi connectivity index (χ2v) is 8.39. The summed E-state index contributed by atoms with van der Waals surface area (Å²) in [5.74, 6) is 0.509. The van der Waals surface area contributed by atoms with Gasteiger partial charge in [0.25, 0.3) is 0 Å². The summed E-state index contributed by atoms with van der Waals surface area (Å²) >= 11 is 6.11. The summed E-state index contributed by atoms with van der Waals surface area (Å²) < 4.78 is 61.3. The highest BCUT2D eigenvalue weighted by molar-refractivity contribution is 7.90. The first-order chi connectivity index (χ1) is 12.6. The van der Waals surface area contributed by atoms with Crippen molar-refractivity contribution >= 4 is 27.6 Å². The van der Waals surface area contributed by atoms with Gasteiger partial charge < -0.3 is 10.6 Å². The SMILES string of the molecule is CCNC(=NCc1ccccc1Cl)NC1CCN(S(=O)(=O)C(F)(F)F)CC1. The zero-order chi connectivity index (χ0) is 20.1. The van der Waals surface area contributed by atoms with Crippen LogP contribution in [0, 0.1) is 0 Å². The molecule has 1 saturated heterocycles. The zero-order valence-corrected chi connectivity index (χ0v) is 16.3. The van der Waals surface area contributed by atoms with E-state index in [4.69, 9.17) is 11.6 Å². The molecule has 1 aromatic carbocycles. The third-order valence-electron chi connectivity index (χ3n) is 4.14. The van der Waals surface area contributed by atoms with E-state index in [-0.39, 0.29) is 32.0 Å². The van der Waals surface area contributed by atoms with E-state index in [1.165, 1.54) is 0 Å². The smallest absolute Gasteiger partial charge is 0.357 e. The number of rotatable bonds is 5. The van der Waals surface area contributed by atoms with E-state index < -0.39 is 15.5 Å². The largest absolute Gasteiger partial charge is 0.511 e. The lowest BCUT2D eigenvalue weighted by atomic mass is 10.1. The average Bonchev–Trinajstić information content (AvgIpc) is 2.60. The number of nitrogens with zero attached hydrogens (tertiary/aromatic N) is 2. The number of halogens is 4. The van der Waals surface area contributed by atoms with Crippen LogP contribution in [-0.4, -0.2) is 49.9 Å². The Morgan fingerprint density at radius 3 is 2.48 bits per heavy atom. The molecular formula is C16H22ClF3N4O2S. The van der Waals surface area contributed by atoms with Gasteiger partial charge in [-0.05, 0) is 31.4 Å². The van der Waals surface area contributed by atoms with Crippen molar-refractivity contribution in [1.29, 1.82) is 0 Å². The molecule has 2 N–H and O–H groups in total. The molecule has 0 aromatic heterocycles. The molecule has 0 amide bonds. The van der Waals surface area contributed by atoms with Gasteiger partial charge in [0, 0.05) is 30.7 Å². The predicted molar refractivity (Wildman–Crippen MR) is 99.0 cm³/mol. The van der Waals surface area contributed by atoms with Gasteiger partial charge in [0.05, 0.1) is 6.54 Å². The Labute approximate surface area is 161 Å². The number of nitrogens with one attached hydrogen (secondary N) is 2. The third-order valence-corrected chi connectivity index (χ3v) is 6.14. The molecule has 0 saturated carbocycles. The van der Waals surface area contributed by atoms with Crippen LogP contribution in [0.5, 0.6) is 0 Å². The molecule has 0 aliphatic carbocycles. The molecule has 1 aliphatic rings. The minimum Gasteiger partial charge on any atom is -0.357 e. The molecule has 1 heterocycles. The number of aliphatic imine (C=N–C) groups is 1. The number of sulfonamides is 1. The monoisotopic (exact) mass is 426 g/mol. The van der Waals surface area contributed by atoms with E-state index in [0.717, 1.165) is 5.56 Å². The zero-order valence-electron chi connectivity index (χ0n) is 14.8. The van der Waals surface area contributed by atoms with Gasteiger partial charge in [-0.25, -0.2) is 13.4 Å². The van der Waals surface area contributed by atoms with Crippen molar-refractivity contribution < 1.29 is 21.6 Å². The van der Waals surface area contributed by atoms with Gasteiger partial charge in [0.2, 0.25) is 0 Å². The van der Waals surface area contributed by atoms with Crippen molar-refractivity contribution in [2.75, 3.05) is 19.6 Å². The van der Waals surface area contributed by atoms with Crippen molar-refractivity contribution in [3.63, 3.8) is 0 Å². The molecule has 152 valence electrons. The molecule has 1 fully saturated rings. The Bertz CT molecular complexity index is 763. The van der Waals surface area contributed by atoms with Crippen molar-refractivity contribution in [2.24, 2.45) is 4.99 Å². The Hall–Kier alpha value is -1.52. The van der Waals surface area contributed by atoms with Crippen molar-refractivity contribution in [3.8, 4) is 0 Å². The Balaban J connectivity index is 1.96. The van der Waals surface area contributed by atoms with E-state index in [1.54, 1.807) is 6.07 Å². The van der Waals surface area contributed by atoms with Gasteiger partial charge in [-0.3, -0.25) is 0 Å². The van der Waals surface area contributed by atoms with Crippen LogP contribution in [0.3, 0.4) is 0 Å². The molecule has 1 aromatic rings. The maximum absolute atomic E-state index is 12.6. The fourth-order valence-electron chi connectivity index (χ4n) is 2.69. The summed E-state index contributed by atoms with van der Waals surface area (Å²) in [4.78, 5) is 4.44. The Kier molecular flexibility index (Phi) is 7.35. The first kappa shape index (κ1) is 21.8. The van der Waals surface area contributed by atoms with Crippen molar-refractivity contribution in [1.82, 2.24) is 14.9 Å². The van der Waals surface area contributed by atoms with Crippen LogP contribution in [0.2, 0.25) is 5.02 Å². The first-order valence-corrected chi connectivity index (χ1v) is 10.3. The summed E-state index contributed by atoms with van der Waals surface area (Å²) in [5, 5.41) is 6.82. The molecule has 0 atom stereocenters. The molecule has 0 spiro atoms. The fourth-order valence-corrected chi connectivity index (χ4v) is 3.87. The van der Waals surface area contributed by atoms with Crippen LogP contribution in [0.4, 0.5) is 13.2 Å². The Morgan fingerprint density at radius 1 is 1.30 bits per heavy atom. The molecule has 27 heavy (non-hydrogen) atoms. The third kappa shape index (κ3) is 5.73. The van der Waals surface area contributed by atoms with Gasteiger partial charge >= 0.3 is 15.5 Å². The van der Waals surface area contributed by atoms with E-state index in [1.807, 2.05) is 25.1 Å². The number of alkyl halides is 3. The van der Waals surface area contributed by atoms with Gasteiger partial charge in [-0.15, -0.1) is 0 Å². The van der Waals surface area contributed by atoms with E-state index >= 15 is 0 Å². The average molecular weight is 427 g/mol.